The van der Waals surface area contributed by atoms with Crippen LogP contribution >= 0.6 is 0 Å². The molecule has 3 heterocycles. The Kier molecular flexibility index (Phi) is 7.17. The lowest BCUT2D eigenvalue weighted by atomic mass is 9.64. The summed E-state index contributed by atoms with van der Waals surface area (Å²) >= 11 is 0. The van der Waals surface area contributed by atoms with E-state index in [2.05, 4.69) is 5.32 Å². The molecule has 0 bridgehead atoms. The predicted octanol–water partition coefficient (Wildman–Crippen LogP) is 7.00. The molecule has 7 nitrogen and oxygen atoms in total. The van der Waals surface area contributed by atoms with Crippen molar-refractivity contribution in [3.05, 3.63) is 167 Å². The van der Waals surface area contributed by atoms with Gasteiger partial charge in [-0.15, -0.1) is 0 Å². The van der Waals surface area contributed by atoms with Gasteiger partial charge in [-0.05, 0) is 46.5 Å². The van der Waals surface area contributed by atoms with Gasteiger partial charge in [-0.2, -0.15) is 0 Å². The van der Waals surface area contributed by atoms with Gasteiger partial charge in [0.1, 0.15) is 17.2 Å². The molecule has 3 aliphatic rings. The van der Waals surface area contributed by atoms with Crippen molar-refractivity contribution in [1.29, 1.82) is 0 Å². The van der Waals surface area contributed by atoms with E-state index in [0.29, 0.717) is 22.6 Å². The Labute approximate surface area is 278 Å². The number of hydrogen-bond donors (Lipinski definition) is 1. The van der Waals surface area contributed by atoms with E-state index >= 15 is 9.59 Å². The summed E-state index contributed by atoms with van der Waals surface area (Å²) in [5.41, 5.74) is 3.41. The molecule has 1 saturated heterocycles. The van der Waals surface area contributed by atoms with Gasteiger partial charge in [0.15, 0.2) is 11.9 Å². The normalized spacial score (nSPS) is 21.8. The lowest BCUT2D eigenvalue weighted by molar-refractivity contribution is -0.150. The van der Waals surface area contributed by atoms with Crippen LogP contribution in [0.4, 0.5) is 11.4 Å². The van der Waals surface area contributed by atoms with Gasteiger partial charge in [0.2, 0.25) is 5.91 Å². The average molecular weight is 633 g/mol. The highest BCUT2D eigenvalue weighted by Gasteiger charge is 2.71. The SMILES string of the molecule is COc1cccc(C(=O)[C@@H]2[C@H](C(=O)OC(c3ccccc3)c3ccccc3)N3c4ccccc4C=C[C@H]3[C@]23C(=O)Nc2ccccc23)c1. The summed E-state index contributed by atoms with van der Waals surface area (Å²) in [5.74, 6) is -1.94. The summed E-state index contributed by atoms with van der Waals surface area (Å²) < 4.78 is 12.0. The van der Waals surface area contributed by atoms with Crippen molar-refractivity contribution in [2.24, 2.45) is 5.92 Å². The second-order valence-corrected chi connectivity index (χ2v) is 12.3. The fourth-order valence-electron chi connectivity index (χ4n) is 7.82. The molecule has 0 aromatic heterocycles. The third kappa shape index (κ3) is 4.46. The van der Waals surface area contributed by atoms with Gasteiger partial charge in [-0.3, -0.25) is 9.59 Å². The van der Waals surface area contributed by atoms with Crippen LogP contribution in [0.5, 0.6) is 5.75 Å². The number of amides is 1. The Morgan fingerprint density at radius 1 is 0.792 bits per heavy atom. The summed E-state index contributed by atoms with van der Waals surface area (Å²) in [4.78, 5) is 46.8. The van der Waals surface area contributed by atoms with E-state index in [9.17, 15) is 4.79 Å². The van der Waals surface area contributed by atoms with Crippen molar-refractivity contribution in [3.63, 3.8) is 0 Å². The third-order valence-corrected chi connectivity index (χ3v) is 9.86. The van der Waals surface area contributed by atoms with E-state index in [1.807, 2.05) is 126 Å². The lowest BCUT2D eigenvalue weighted by Crippen LogP contribution is -2.51. The van der Waals surface area contributed by atoms with Crippen molar-refractivity contribution < 1.29 is 23.9 Å². The summed E-state index contributed by atoms with van der Waals surface area (Å²) in [6, 6.07) is 39.3. The Balaban J connectivity index is 1.36. The Morgan fingerprint density at radius 3 is 2.19 bits per heavy atom. The second-order valence-electron chi connectivity index (χ2n) is 12.3. The molecule has 1 spiro atoms. The first kappa shape index (κ1) is 29.5. The van der Waals surface area contributed by atoms with Crippen LogP contribution in [0, 0.1) is 5.92 Å². The highest BCUT2D eigenvalue weighted by atomic mass is 16.5. The summed E-state index contributed by atoms with van der Waals surface area (Å²) in [7, 11) is 1.54. The van der Waals surface area contributed by atoms with E-state index < -0.39 is 35.5 Å². The predicted molar refractivity (Wildman–Crippen MR) is 184 cm³/mol. The molecule has 0 saturated carbocycles. The highest BCUT2D eigenvalue weighted by Crippen LogP contribution is 2.58. The fraction of sp³-hybridized carbons (Fsp3) is 0.146. The number of nitrogens with zero attached hydrogens (tertiary/aromatic N) is 1. The molecule has 0 aliphatic carbocycles. The number of nitrogens with one attached hydrogen (secondary N) is 1. The molecule has 0 unspecified atom stereocenters. The Hall–Kier alpha value is -5.95. The molecule has 5 aromatic rings. The molecule has 5 aromatic carbocycles. The number of para-hydroxylation sites is 2. The number of fused-ring (bicyclic) bond motifs is 6. The summed E-state index contributed by atoms with van der Waals surface area (Å²) in [6.45, 7) is 0. The number of Topliss-reactive ketones (excluding diaryl/α,β-unsaturated/α-hetero) is 1. The monoisotopic (exact) mass is 632 g/mol. The third-order valence-electron chi connectivity index (χ3n) is 9.86. The minimum Gasteiger partial charge on any atom is -0.497 e. The molecular weight excluding hydrogens is 600 g/mol. The quantitative estimate of drug-likeness (QED) is 0.154. The number of rotatable bonds is 7. The highest BCUT2D eigenvalue weighted by molar-refractivity contribution is 6.16. The maximum Gasteiger partial charge on any atom is 0.330 e. The van der Waals surface area contributed by atoms with Crippen molar-refractivity contribution in [2.45, 2.75) is 23.6 Å². The molecule has 3 aliphatic heterocycles. The zero-order valence-corrected chi connectivity index (χ0v) is 26.2. The zero-order valence-electron chi connectivity index (χ0n) is 26.2. The van der Waals surface area contributed by atoms with Gasteiger partial charge < -0.3 is 19.7 Å². The molecule has 0 radical (unpaired) electrons. The molecule has 48 heavy (non-hydrogen) atoms. The van der Waals surface area contributed by atoms with Crippen LogP contribution in [0.2, 0.25) is 0 Å². The number of methoxy groups -OCH3 is 1. The van der Waals surface area contributed by atoms with Crippen LogP contribution in [0.25, 0.3) is 6.08 Å². The van der Waals surface area contributed by atoms with Gasteiger partial charge in [0, 0.05) is 16.9 Å². The van der Waals surface area contributed by atoms with Crippen molar-refractivity contribution >= 4 is 35.1 Å². The maximum atomic E-state index is 15.1. The van der Waals surface area contributed by atoms with Crippen LogP contribution in [0.1, 0.15) is 38.7 Å². The van der Waals surface area contributed by atoms with Gasteiger partial charge in [-0.25, -0.2) is 4.79 Å². The number of benzene rings is 5. The molecular formula is C41H32N2O5. The van der Waals surface area contributed by atoms with Crippen LogP contribution in [0.15, 0.2) is 140 Å². The number of anilines is 2. The minimum absolute atomic E-state index is 0.332. The van der Waals surface area contributed by atoms with Gasteiger partial charge in [0.05, 0.1) is 19.1 Å². The molecule has 4 atom stereocenters. The number of ether oxygens (including phenoxy) is 2. The van der Waals surface area contributed by atoms with Crippen molar-refractivity contribution in [1.82, 2.24) is 0 Å². The van der Waals surface area contributed by atoms with E-state index in [4.69, 9.17) is 9.47 Å². The maximum absolute atomic E-state index is 15.1. The van der Waals surface area contributed by atoms with Gasteiger partial charge >= 0.3 is 5.97 Å². The Bertz CT molecular complexity index is 2040. The topological polar surface area (TPSA) is 84.9 Å². The molecule has 7 heteroatoms. The van der Waals surface area contributed by atoms with Crippen LogP contribution < -0.4 is 15.0 Å². The smallest absolute Gasteiger partial charge is 0.330 e. The molecule has 1 amide bonds. The number of carbonyl (C=O) groups is 3. The largest absolute Gasteiger partial charge is 0.497 e. The number of hydrogen-bond acceptors (Lipinski definition) is 6. The van der Waals surface area contributed by atoms with Crippen LogP contribution in [-0.4, -0.2) is 36.9 Å². The first-order chi connectivity index (χ1) is 23.5. The Morgan fingerprint density at radius 2 is 1.46 bits per heavy atom. The van der Waals surface area contributed by atoms with Crippen LogP contribution in [-0.2, 0) is 19.7 Å². The van der Waals surface area contributed by atoms with E-state index in [1.54, 1.807) is 24.3 Å². The van der Waals surface area contributed by atoms with Crippen molar-refractivity contribution in [2.75, 3.05) is 17.3 Å². The fourth-order valence-corrected chi connectivity index (χ4v) is 7.82. The van der Waals surface area contributed by atoms with Crippen molar-refractivity contribution in [3.8, 4) is 5.75 Å². The van der Waals surface area contributed by atoms with Gasteiger partial charge in [0.25, 0.3) is 0 Å². The molecule has 236 valence electrons. The average Bonchev–Trinajstić information content (AvgIpc) is 3.63. The summed E-state index contributed by atoms with van der Waals surface area (Å²) in [6.07, 6.45) is 3.18. The summed E-state index contributed by atoms with van der Waals surface area (Å²) in [5, 5.41) is 3.07. The first-order valence-corrected chi connectivity index (χ1v) is 16.0. The van der Waals surface area contributed by atoms with E-state index in [1.165, 1.54) is 7.11 Å². The lowest BCUT2D eigenvalue weighted by Gasteiger charge is -2.37. The van der Waals surface area contributed by atoms with E-state index in [0.717, 1.165) is 22.4 Å². The first-order valence-electron chi connectivity index (χ1n) is 16.0. The van der Waals surface area contributed by atoms with Crippen LogP contribution in [0.3, 0.4) is 0 Å². The van der Waals surface area contributed by atoms with Gasteiger partial charge in [-0.1, -0.05) is 121 Å². The minimum atomic E-state index is -1.44. The van der Waals surface area contributed by atoms with E-state index in [-0.39, 0.29) is 11.7 Å². The molecule has 1 fully saturated rings. The molecule has 1 N–H and O–H groups in total. The molecule has 8 rings (SSSR count). The number of carbonyl (C=O) groups excluding carboxylic acids is 3. The standard InChI is InChI=1S/C41H32N2O5/c1-47-30-19-12-18-29(25-30)37(44)35-36(39(45)48-38(27-14-4-2-5-15-27)28-16-6-3-7-17-28)43-33-22-11-8-13-26(33)23-24-34(43)41(35)31-20-9-10-21-32(31)42-40(41)46/h2-25,34-36,38H,1H3,(H,42,46)/t34-,35-,36+,41-/m0/s1. The number of esters is 1. The second kappa shape index (κ2) is 11.7. The number of ketones is 1. The zero-order chi connectivity index (χ0) is 32.8.